The van der Waals surface area contributed by atoms with Crippen LogP contribution in [0.1, 0.15) is 20.7 Å². The van der Waals surface area contributed by atoms with Crippen LogP contribution in [-0.4, -0.2) is 31.1 Å². The molecule has 0 bridgehead atoms. The number of carbonyl (C=O) groups is 3. The smallest absolute Gasteiger partial charge is 0.458 e. The van der Waals surface area contributed by atoms with Crippen molar-refractivity contribution >= 4 is 17.9 Å². The fourth-order valence-corrected chi connectivity index (χ4v) is 1.51. The van der Waals surface area contributed by atoms with Crippen molar-refractivity contribution in [2.45, 2.75) is 0 Å². The molecule has 120 valence electrons. The summed E-state index contributed by atoms with van der Waals surface area (Å²) in [5, 5.41) is 0. The Hall–Kier alpha value is -3.15. The van der Waals surface area contributed by atoms with Gasteiger partial charge < -0.3 is 14.2 Å². The lowest BCUT2D eigenvalue weighted by Crippen LogP contribution is -2.14. The van der Waals surface area contributed by atoms with Crippen molar-refractivity contribution < 1.29 is 28.6 Å². The number of ketones is 1. The molecule has 0 fully saturated rings. The SMILES string of the molecule is C=COC(=O)OCCOC(=O)c1cccc(C(=O)C(=C)C=C)c1. The molecular weight excluding hydrogens is 300 g/mol. The first-order chi connectivity index (χ1) is 11.0. The second-order valence-electron chi connectivity index (χ2n) is 4.16. The molecule has 0 N–H and O–H groups in total. The van der Waals surface area contributed by atoms with Crippen LogP contribution in [-0.2, 0) is 14.2 Å². The zero-order chi connectivity index (χ0) is 17.2. The molecule has 1 aromatic rings. The minimum atomic E-state index is -0.938. The van der Waals surface area contributed by atoms with E-state index >= 15 is 0 Å². The standard InChI is InChI=1S/C17H16O6/c1-4-12(3)15(18)13-7-6-8-14(11-13)16(19)22-9-10-23-17(20)21-5-2/h4-8,11H,1-3,9-10H2. The summed E-state index contributed by atoms with van der Waals surface area (Å²) in [4.78, 5) is 34.7. The highest BCUT2D eigenvalue weighted by Gasteiger charge is 2.13. The molecule has 0 aromatic heterocycles. The van der Waals surface area contributed by atoms with E-state index in [1.807, 2.05) is 0 Å². The van der Waals surface area contributed by atoms with E-state index in [1.165, 1.54) is 18.2 Å². The maximum Gasteiger partial charge on any atom is 0.513 e. The van der Waals surface area contributed by atoms with Gasteiger partial charge in [-0.05, 0) is 12.1 Å². The molecule has 6 heteroatoms. The average Bonchev–Trinajstić information content (AvgIpc) is 2.57. The molecule has 0 aliphatic heterocycles. The van der Waals surface area contributed by atoms with E-state index < -0.39 is 12.1 Å². The van der Waals surface area contributed by atoms with Gasteiger partial charge in [0.1, 0.15) is 13.2 Å². The summed E-state index contributed by atoms with van der Waals surface area (Å²) in [6.07, 6.45) is 1.33. The van der Waals surface area contributed by atoms with E-state index in [0.717, 1.165) is 6.26 Å². The zero-order valence-corrected chi connectivity index (χ0v) is 12.4. The molecule has 1 aromatic carbocycles. The van der Waals surface area contributed by atoms with Gasteiger partial charge in [-0.3, -0.25) is 4.79 Å². The Morgan fingerprint density at radius 3 is 2.35 bits per heavy atom. The predicted octanol–water partition coefficient (Wildman–Crippen LogP) is 3.07. The number of ether oxygens (including phenoxy) is 3. The first-order valence-corrected chi connectivity index (χ1v) is 6.57. The number of esters is 1. The molecule has 0 amide bonds. The van der Waals surface area contributed by atoms with Gasteiger partial charge in [-0.25, -0.2) is 9.59 Å². The van der Waals surface area contributed by atoms with E-state index in [-0.39, 0.29) is 30.1 Å². The van der Waals surface area contributed by atoms with Gasteiger partial charge in [0.15, 0.2) is 5.78 Å². The third-order valence-corrected chi connectivity index (χ3v) is 2.61. The first kappa shape index (κ1) is 17.9. The van der Waals surface area contributed by atoms with Gasteiger partial charge in [-0.1, -0.05) is 37.9 Å². The van der Waals surface area contributed by atoms with Crippen molar-refractivity contribution in [2.75, 3.05) is 13.2 Å². The van der Waals surface area contributed by atoms with Crippen LogP contribution in [0, 0.1) is 0 Å². The van der Waals surface area contributed by atoms with Gasteiger partial charge in [0, 0.05) is 11.1 Å². The summed E-state index contributed by atoms with van der Waals surface area (Å²) < 4.78 is 13.8. The van der Waals surface area contributed by atoms with Crippen LogP contribution in [0.2, 0.25) is 0 Å². The Bertz CT molecular complexity index is 644. The van der Waals surface area contributed by atoms with Gasteiger partial charge in [0.05, 0.1) is 11.8 Å². The Labute approximate surface area is 133 Å². The van der Waals surface area contributed by atoms with Gasteiger partial charge in [0.25, 0.3) is 0 Å². The first-order valence-electron chi connectivity index (χ1n) is 6.57. The maximum atomic E-state index is 11.9. The van der Waals surface area contributed by atoms with Crippen LogP contribution in [0.3, 0.4) is 0 Å². The van der Waals surface area contributed by atoms with E-state index in [9.17, 15) is 14.4 Å². The number of carbonyl (C=O) groups excluding carboxylic acids is 3. The highest BCUT2D eigenvalue weighted by atomic mass is 16.7. The lowest BCUT2D eigenvalue weighted by atomic mass is 10.0. The van der Waals surface area contributed by atoms with Crippen LogP contribution >= 0.6 is 0 Å². The van der Waals surface area contributed by atoms with Crippen LogP contribution in [0.4, 0.5) is 4.79 Å². The fourth-order valence-electron chi connectivity index (χ4n) is 1.51. The fraction of sp³-hybridized carbons (Fsp3) is 0.118. The number of rotatable bonds is 8. The van der Waals surface area contributed by atoms with Crippen molar-refractivity contribution in [1.82, 2.24) is 0 Å². The van der Waals surface area contributed by atoms with Gasteiger partial charge >= 0.3 is 12.1 Å². The molecule has 0 atom stereocenters. The molecule has 0 aliphatic carbocycles. The maximum absolute atomic E-state index is 11.9. The molecule has 0 saturated carbocycles. The van der Waals surface area contributed by atoms with Crippen LogP contribution in [0.25, 0.3) is 0 Å². The molecule has 0 spiro atoms. The number of allylic oxidation sites excluding steroid dienone is 2. The average molecular weight is 316 g/mol. The largest absolute Gasteiger partial charge is 0.513 e. The molecule has 1 rings (SSSR count). The molecule has 0 heterocycles. The molecule has 6 nitrogen and oxygen atoms in total. The highest BCUT2D eigenvalue weighted by Crippen LogP contribution is 2.11. The minimum Gasteiger partial charge on any atom is -0.458 e. The predicted molar refractivity (Wildman–Crippen MR) is 83.0 cm³/mol. The lowest BCUT2D eigenvalue weighted by Gasteiger charge is -2.07. The highest BCUT2D eigenvalue weighted by molar-refractivity contribution is 6.10. The van der Waals surface area contributed by atoms with Crippen molar-refractivity contribution in [3.05, 3.63) is 73.0 Å². The second-order valence-corrected chi connectivity index (χ2v) is 4.16. The zero-order valence-electron chi connectivity index (χ0n) is 12.4. The summed E-state index contributed by atoms with van der Waals surface area (Å²) in [7, 11) is 0. The topological polar surface area (TPSA) is 78.9 Å². The lowest BCUT2D eigenvalue weighted by molar-refractivity contribution is 0.0317. The van der Waals surface area contributed by atoms with E-state index in [1.54, 1.807) is 12.1 Å². The van der Waals surface area contributed by atoms with Crippen molar-refractivity contribution in [2.24, 2.45) is 0 Å². The Balaban J connectivity index is 2.58. The second kappa shape index (κ2) is 8.99. The van der Waals surface area contributed by atoms with Crippen molar-refractivity contribution in [3.8, 4) is 0 Å². The van der Waals surface area contributed by atoms with E-state index in [2.05, 4.69) is 29.2 Å². The third-order valence-electron chi connectivity index (χ3n) is 2.61. The monoisotopic (exact) mass is 316 g/mol. The van der Waals surface area contributed by atoms with Crippen LogP contribution < -0.4 is 0 Å². The number of hydrogen-bond donors (Lipinski definition) is 0. The van der Waals surface area contributed by atoms with E-state index in [4.69, 9.17) is 4.74 Å². The van der Waals surface area contributed by atoms with E-state index in [0.29, 0.717) is 5.56 Å². The normalized spacial score (nSPS) is 9.39. The summed E-state index contributed by atoms with van der Waals surface area (Å²) in [6.45, 7) is 9.91. The summed E-state index contributed by atoms with van der Waals surface area (Å²) in [5.41, 5.74) is 0.723. The molecular formula is C17H16O6. The summed E-state index contributed by atoms with van der Waals surface area (Å²) in [6, 6.07) is 6.01. The Kier molecular flexibility index (Phi) is 7.00. The quantitative estimate of drug-likeness (QED) is 0.183. The van der Waals surface area contributed by atoms with Crippen molar-refractivity contribution in [3.63, 3.8) is 0 Å². The molecule has 0 saturated heterocycles. The third kappa shape index (κ3) is 5.62. The van der Waals surface area contributed by atoms with Crippen LogP contribution in [0.5, 0.6) is 0 Å². The number of Topliss-reactive ketones (excluding diaryl/α,β-unsaturated/α-hetero) is 1. The number of benzene rings is 1. The van der Waals surface area contributed by atoms with Crippen molar-refractivity contribution in [1.29, 1.82) is 0 Å². The summed E-state index contributed by atoms with van der Waals surface area (Å²) >= 11 is 0. The molecule has 0 radical (unpaired) electrons. The van der Waals surface area contributed by atoms with Gasteiger partial charge in [-0.2, -0.15) is 0 Å². The molecule has 0 aliphatic rings. The Morgan fingerprint density at radius 1 is 1.04 bits per heavy atom. The minimum absolute atomic E-state index is 0.150. The van der Waals surface area contributed by atoms with Gasteiger partial charge in [-0.15, -0.1) is 0 Å². The summed E-state index contributed by atoms with van der Waals surface area (Å²) in [5.74, 6) is -0.977. The Morgan fingerprint density at radius 2 is 1.70 bits per heavy atom. The molecule has 0 unspecified atom stereocenters. The number of hydrogen-bond acceptors (Lipinski definition) is 6. The molecule has 23 heavy (non-hydrogen) atoms. The van der Waals surface area contributed by atoms with Gasteiger partial charge in [0.2, 0.25) is 0 Å². The van der Waals surface area contributed by atoms with Crippen LogP contribution in [0.15, 0.2) is 61.9 Å².